The minimum atomic E-state index is 0.862. The molecule has 1 aliphatic rings. The van der Waals surface area contributed by atoms with Gasteiger partial charge in [0.1, 0.15) is 0 Å². The van der Waals surface area contributed by atoms with Crippen LogP contribution >= 0.6 is 0 Å². The summed E-state index contributed by atoms with van der Waals surface area (Å²) in [7, 11) is 0. The number of aromatic amines is 1. The highest BCUT2D eigenvalue weighted by molar-refractivity contribution is 5.61. The molecular formula is C16H21N3. The van der Waals surface area contributed by atoms with Crippen molar-refractivity contribution in [3.05, 3.63) is 36.8 Å². The van der Waals surface area contributed by atoms with Gasteiger partial charge < -0.3 is 10.3 Å². The number of nitrogens with one attached hydrogen (secondary N) is 2. The Bertz CT molecular complexity index is 481. The van der Waals surface area contributed by atoms with E-state index in [-0.39, 0.29) is 0 Å². The SMILES string of the molecule is c1ncc(-c2ccc(NCC3CCCCC3)cc2)[nH]1. The summed E-state index contributed by atoms with van der Waals surface area (Å²) in [5.41, 5.74) is 3.47. The maximum Gasteiger partial charge on any atom is 0.0924 e. The lowest BCUT2D eigenvalue weighted by molar-refractivity contribution is 0.373. The van der Waals surface area contributed by atoms with Crippen molar-refractivity contribution in [2.45, 2.75) is 32.1 Å². The molecule has 1 heterocycles. The lowest BCUT2D eigenvalue weighted by Gasteiger charge is -2.22. The zero-order valence-electron chi connectivity index (χ0n) is 11.2. The minimum Gasteiger partial charge on any atom is -0.385 e. The number of H-pyrrole nitrogens is 1. The summed E-state index contributed by atoms with van der Waals surface area (Å²) in [6.07, 6.45) is 10.6. The molecule has 2 N–H and O–H groups in total. The fourth-order valence-electron chi connectivity index (χ4n) is 2.83. The molecule has 1 aliphatic carbocycles. The molecule has 0 aliphatic heterocycles. The third kappa shape index (κ3) is 3.16. The molecule has 0 atom stereocenters. The average molecular weight is 255 g/mol. The lowest BCUT2D eigenvalue weighted by atomic mass is 9.89. The second-order valence-corrected chi connectivity index (χ2v) is 5.43. The predicted molar refractivity (Wildman–Crippen MR) is 79.1 cm³/mol. The number of aromatic nitrogens is 2. The van der Waals surface area contributed by atoms with Gasteiger partial charge in [0.15, 0.2) is 0 Å². The Morgan fingerprint density at radius 3 is 2.58 bits per heavy atom. The maximum atomic E-state index is 4.05. The van der Waals surface area contributed by atoms with Gasteiger partial charge in [-0.05, 0) is 36.5 Å². The first-order chi connectivity index (χ1) is 9.42. The first-order valence-electron chi connectivity index (χ1n) is 7.24. The zero-order valence-corrected chi connectivity index (χ0v) is 11.2. The van der Waals surface area contributed by atoms with E-state index in [1.807, 2.05) is 6.20 Å². The molecule has 0 radical (unpaired) electrons. The number of nitrogens with zero attached hydrogens (tertiary/aromatic N) is 1. The van der Waals surface area contributed by atoms with E-state index in [9.17, 15) is 0 Å². The van der Waals surface area contributed by atoms with E-state index in [1.165, 1.54) is 43.4 Å². The highest BCUT2D eigenvalue weighted by atomic mass is 14.9. The lowest BCUT2D eigenvalue weighted by Crippen LogP contribution is -2.16. The summed E-state index contributed by atoms with van der Waals surface area (Å²) in [6, 6.07) is 8.57. The first-order valence-corrected chi connectivity index (χ1v) is 7.24. The molecule has 3 rings (SSSR count). The molecule has 0 spiro atoms. The van der Waals surface area contributed by atoms with Gasteiger partial charge in [-0.2, -0.15) is 0 Å². The fourth-order valence-corrected chi connectivity index (χ4v) is 2.83. The summed E-state index contributed by atoms with van der Waals surface area (Å²) < 4.78 is 0. The van der Waals surface area contributed by atoms with Gasteiger partial charge in [-0.15, -0.1) is 0 Å². The van der Waals surface area contributed by atoms with Crippen molar-refractivity contribution >= 4 is 5.69 Å². The van der Waals surface area contributed by atoms with Gasteiger partial charge >= 0.3 is 0 Å². The summed E-state index contributed by atoms with van der Waals surface area (Å²) in [4.78, 5) is 7.17. The number of hydrogen-bond acceptors (Lipinski definition) is 2. The molecule has 1 aromatic heterocycles. The average Bonchev–Trinajstić information content (AvgIpc) is 3.01. The molecule has 3 heteroatoms. The summed E-state index contributed by atoms with van der Waals surface area (Å²) in [5, 5.41) is 3.56. The van der Waals surface area contributed by atoms with Crippen molar-refractivity contribution in [1.82, 2.24) is 9.97 Å². The quantitative estimate of drug-likeness (QED) is 0.864. The van der Waals surface area contributed by atoms with Crippen LogP contribution in [0.4, 0.5) is 5.69 Å². The van der Waals surface area contributed by atoms with Crippen LogP contribution in [-0.2, 0) is 0 Å². The normalized spacial score (nSPS) is 16.4. The van der Waals surface area contributed by atoms with Gasteiger partial charge in [-0.1, -0.05) is 31.4 Å². The van der Waals surface area contributed by atoms with E-state index in [1.54, 1.807) is 6.33 Å². The molecule has 3 nitrogen and oxygen atoms in total. The van der Waals surface area contributed by atoms with E-state index in [0.29, 0.717) is 0 Å². The van der Waals surface area contributed by atoms with Crippen LogP contribution in [0.2, 0.25) is 0 Å². The number of anilines is 1. The second kappa shape index (κ2) is 5.91. The third-order valence-corrected chi connectivity index (χ3v) is 4.01. The van der Waals surface area contributed by atoms with E-state index in [2.05, 4.69) is 39.6 Å². The van der Waals surface area contributed by atoms with Crippen LogP contribution < -0.4 is 5.32 Å². The summed E-state index contributed by atoms with van der Waals surface area (Å²) in [6.45, 7) is 1.11. The first kappa shape index (κ1) is 12.3. The van der Waals surface area contributed by atoms with Gasteiger partial charge in [0.05, 0.1) is 18.2 Å². The smallest absolute Gasteiger partial charge is 0.0924 e. The molecule has 0 amide bonds. The van der Waals surface area contributed by atoms with Crippen LogP contribution in [0.25, 0.3) is 11.3 Å². The Morgan fingerprint density at radius 2 is 1.89 bits per heavy atom. The van der Waals surface area contributed by atoms with Crippen LogP contribution in [0.1, 0.15) is 32.1 Å². The van der Waals surface area contributed by atoms with Crippen LogP contribution in [0.15, 0.2) is 36.8 Å². The van der Waals surface area contributed by atoms with Crippen molar-refractivity contribution in [2.24, 2.45) is 5.92 Å². The Morgan fingerprint density at radius 1 is 1.11 bits per heavy atom. The van der Waals surface area contributed by atoms with Crippen LogP contribution in [0.3, 0.4) is 0 Å². The second-order valence-electron chi connectivity index (χ2n) is 5.43. The minimum absolute atomic E-state index is 0.862. The molecule has 1 fully saturated rings. The number of hydrogen-bond donors (Lipinski definition) is 2. The van der Waals surface area contributed by atoms with Crippen molar-refractivity contribution in [3.8, 4) is 11.3 Å². The van der Waals surface area contributed by atoms with Crippen molar-refractivity contribution in [3.63, 3.8) is 0 Å². The molecule has 2 aromatic rings. The topological polar surface area (TPSA) is 40.7 Å². The highest BCUT2D eigenvalue weighted by Gasteiger charge is 2.12. The number of rotatable bonds is 4. The van der Waals surface area contributed by atoms with E-state index in [4.69, 9.17) is 0 Å². The van der Waals surface area contributed by atoms with E-state index < -0.39 is 0 Å². The standard InChI is InChI=1S/C16H21N3/c1-2-4-13(5-3-1)10-18-15-8-6-14(7-9-15)16-11-17-12-19-16/h6-9,11-13,18H,1-5,10H2,(H,17,19). The Hall–Kier alpha value is -1.77. The van der Waals surface area contributed by atoms with Crippen LogP contribution in [-0.4, -0.2) is 16.5 Å². The fraction of sp³-hybridized carbons (Fsp3) is 0.438. The van der Waals surface area contributed by atoms with Crippen LogP contribution in [0, 0.1) is 5.92 Å². The maximum absolute atomic E-state index is 4.05. The number of benzene rings is 1. The molecule has 0 saturated heterocycles. The summed E-state index contributed by atoms with van der Waals surface area (Å²) in [5.74, 6) is 0.862. The highest BCUT2D eigenvalue weighted by Crippen LogP contribution is 2.24. The van der Waals surface area contributed by atoms with Gasteiger partial charge in [0.2, 0.25) is 0 Å². The Balaban J connectivity index is 1.57. The van der Waals surface area contributed by atoms with Crippen molar-refractivity contribution in [2.75, 3.05) is 11.9 Å². The third-order valence-electron chi connectivity index (χ3n) is 4.01. The van der Waals surface area contributed by atoms with Gasteiger partial charge in [0.25, 0.3) is 0 Å². The molecule has 19 heavy (non-hydrogen) atoms. The van der Waals surface area contributed by atoms with E-state index in [0.717, 1.165) is 18.2 Å². The van der Waals surface area contributed by atoms with Gasteiger partial charge in [-0.3, -0.25) is 0 Å². The molecule has 1 saturated carbocycles. The van der Waals surface area contributed by atoms with Gasteiger partial charge in [0, 0.05) is 12.2 Å². The monoisotopic (exact) mass is 255 g/mol. The number of imidazole rings is 1. The van der Waals surface area contributed by atoms with Crippen LogP contribution in [0.5, 0.6) is 0 Å². The Kier molecular flexibility index (Phi) is 3.82. The summed E-state index contributed by atoms with van der Waals surface area (Å²) >= 11 is 0. The zero-order chi connectivity index (χ0) is 12.9. The molecule has 100 valence electrons. The predicted octanol–water partition coefficient (Wildman–Crippen LogP) is 4.07. The van der Waals surface area contributed by atoms with Crippen molar-refractivity contribution in [1.29, 1.82) is 0 Å². The largest absolute Gasteiger partial charge is 0.385 e. The molecule has 1 aromatic carbocycles. The molecule has 0 unspecified atom stereocenters. The van der Waals surface area contributed by atoms with Gasteiger partial charge in [-0.25, -0.2) is 4.98 Å². The van der Waals surface area contributed by atoms with E-state index >= 15 is 0 Å². The molecular weight excluding hydrogens is 234 g/mol. The Labute approximate surface area is 114 Å². The van der Waals surface area contributed by atoms with Crippen molar-refractivity contribution < 1.29 is 0 Å². The molecule has 0 bridgehead atoms.